The third kappa shape index (κ3) is 3.50. The summed E-state index contributed by atoms with van der Waals surface area (Å²) in [6.45, 7) is 6.67. The molecule has 0 spiro atoms. The molecule has 0 amide bonds. The molecule has 1 aliphatic heterocycles. The fourth-order valence-electron chi connectivity index (χ4n) is 2.70. The highest BCUT2D eigenvalue weighted by Crippen LogP contribution is 2.38. The van der Waals surface area contributed by atoms with Crippen LogP contribution in [-0.2, 0) is 25.1 Å². The summed E-state index contributed by atoms with van der Waals surface area (Å²) >= 11 is 0. The van der Waals surface area contributed by atoms with E-state index in [0.29, 0.717) is 24.3 Å². The standard InChI is InChI=1S/C16H17NO4S.C2H6/c1-12-10-14(11-17-15(12)22(2,18)19)16(20-8-9-21-16)13-6-4-3-5-7-13;1-2/h3-7,10-11H,8-9H2,1-2H3;1-2H3. The third-order valence-electron chi connectivity index (χ3n) is 3.61. The van der Waals surface area contributed by atoms with Gasteiger partial charge in [0.1, 0.15) is 0 Å². The second-order valence-electron chi connectivity index (χ2n) is 5.30. The minimum Gasteiger partial charge on any atom is -0.340 e. The predicted molar refractivity (Wildman–Crippen MR) is 92.6 cm³/mol. The van der Waals surface area contributed by atoms with Crippen molar-refractivity contribution in [2.75, 3.05) is 19.5 Å². The van der Waals surface area contributed by atoms with Crippen molar-refractivity contribution in [3.63, 3.8) is 0 Å². The zero-order valence-electron chi connectivity index (χ0n) is 14.4. The van der Waals surface area contributed by atoms with Gasteiger partial charge in [-0.25, -0.2) is 13.4 Å². The van der Waals surface area contributed by atoms with Crippen molar-refractivity contribution in [3.05, 3.63) is 59.3 Å². The Balaban J connectivity index is 0.00000100. The fraction of sp³-hybridized carbons (Fsp3) is 0.389. The first-order valence-corrected chi connectivity index (χ1v) is 9.83. The summed E-state index contributed by atoms with van der Waals surface area (Å²) in [5.41, 5.74) is 2.14. The normalized spacial score (nSPS) is 16.3. The quantitative estimate of drug-likeness (QED) is 0.852. The summed E-state index contributed by atoms with van der Waals surface area (Å²) in [5.74, 6) is -1.02. The van der Waals surface area contributed by atoms with E-state index in [1.165, 1.54) is 6.20 Å². The first-order chi connectivity index (χ1) is 11.4. The van der Waals surface area contributed by atoms with Gasteiger partial charge in [0.25, 0.3) is 0 Å². The van der Waals surface area contributed by atoms with Crippen LogP contribution >= 0.6 is 0 Å². The molecule has 2 aromatic rings. The summed E-state index contributed by atoms with van der Waals surface area (Å²) in [7, 11) is -3.35. The Kier molecular flexibility index (Phi) is 5.74. The van der Waals surface area contributed by atoms with Crippen LogP contribution in [0.5, 0.6) is 0 Å². The van der Waals surface area contributed by atoms with Gasteiger partial charge < -0.3 is 9.47 Å². The second kappa shape index (κ2) is 7.42. The van der Waals surface area contributed by atoms with Gasteiger partial charge in [0, 0.05) is 23.6 Å². The van der Waals surface area contributed by atoms with Crippen LogP contribution < -0.4 is 0 Å². The van der Waals surface area contributed by atoms with Gasteiger partial charge in [-0.15, -0.1) is 0 Å². The molecule has 6 heteroatoms. The largest absolute Gasteiger partial charge is 0.340 e. The first-order valence-electron chi connectivity index (χ1n) is 7.94. The zero-order chi connectivity index (χ0) is 17.8. The molecule has 0 radical (unpaired) electrons. The molecule has 0 unspecified atom stereocenters. The number of benzene rings is 1. The SMILES string of the molecule is CC.Cc1cc(C2(c3ccccc3)OCCO2)cnc1S(C)(=O)=O. The summed E-state index contributed by atoms with van der Waals surface area (Å²) in [4.78, 5) is 4.12. The summed E-state index contributed by atoms with van der Waals surface area (Å²) in [6.07, 6.45) is 2.67. The van der Waals surface area contributed by atoms with E-state index in [0.717, 1.165) is 11.8 Å². The lowest BCUT2D eigenvalue weighted by Gasteiger charge is -2.28. The lowest BCUT2D eigenvalue weighted by Crippen LogP contribution is -2.29. The Labute approximate surface area is 143 Å². The summed E-state index contributed by atoms with van der Waals surface area (Å²) in [6, 6.07) is 11.3. The molecule has 1 aliphatic rings. The van der Waals surface area contributed by atoms with E-state index in [2.05, 4.69) is 4.98 Å². The minimum atomic E-state index is -3.35. The van der Waals surface area contributed by atoms with Crippen LogP contribution in [0.4, 0.5) is 0 Å². The van der Waals surface area contributed by atoms with Crippen molar-refractivity contribution < 1.29 is 17.9 Å². The highest BCUT2D eigenvalue weighted by atomic mass is 32.2. The molecule has 1 aromatic carbocycles. The second-order valence-corrected chi connectivity index (χ2v) is 7.23. The number of sulfone groups is 1. The topological polar surface area (TPSA) is 65.5 Å². The number of rotatable bonds is 3. The number of hydrogen-bond donors (Lipinski definition) is 0. The van der Waals surface area contributed by atoms with Crippen molar-refractivity contribution in [2.45, 2.75) is 31.6 Å². The smallest absolute Gasteiger partial charge is 0.224 e. The fourth-order valence-corrected chi connectivity index (χ4v) is 3.59. The molecule has 0 saturated carbocycles. The molecule has 5 nitrogen and oxygen atoms in total. The molecule has 3 rings (SSSR count). The Hall–Kier alpha value is -1.76. The molecule has 0 atom stereocenters. The van der Waals surface area contributed by atoms with E-state index >= 15 is 0 Å². The van der Waals surface area contributed by atoms with Gasteiger partial charge in [-0.1, -0.05) is 44.2 Å². The van der Waals surface area contributed by atoms with Crippen LogP contribution in [0.3, 0.4) is 0 Å². The minimum absolute atomic E-state index is 0.0810. The van der Waals surface area contributed by atoms with Crippen molar-refractivity contribution in [1.82, 2.24) is 4.98 Å². The molecule has 24 heavy (non-hydrogen) atoms. The number of aromatic nitrogens is 1. The van der Waals surface area contributed by atoms with Crippen LogP contribution in [0.2, 0.25) is 0 Å². The maximum Gasteiger partial charge on any atom is 0.224 e. The van der Waals surface area contributed by atoms with E-state index in [4.69, 9.17) is 9.47 Å². The van der Waals surface area contributed by atoms with Crippen molar-refractivity contribution in [1.29, 1.82) is 0 Å². The van der Waals surface area contributed by atoms with Gasteiger partial charge in [0.2, 0.25) is 5.79 Å². The molecule has 0 N–H and O–H groups in total. The van der Waals surface area contributed by atoms with E-state index < -0.39 is 15.6 Å². The Bertz CT molecular complexity index is 782. The Morgan fingerprint density at radius 2 is 1.62 bits per heavy atom. The van der Waals surface area contributed by atoms with E-state index in [1.54, 1.807) is 13.0 Å². The highest BCUT2D eigenvalue weighted by molar-refractivity contribution is 7.90. The summed E-state index contributed by atoms with van der Waals surface area (Å²) < 4.78 is 35.2. The molecule has 1 saturated heterocycles. The van der Waals surface area contributed by atoms with Crippen LogP contribution in [0, 0.1) is 6.92 Å². The number of pyridine rings is 1. The lowest BCUT2D eigenvalue weighted by atomic mass is 9.98. The maximum atomic E-state index is 11.7. The average molecular weight is 349 g/mol. The maximum absolute atomic E-state index is 11.7. The Morgan fingerprint density at radius 1 is 1.04 bits per heavy atom. The number of nitrogens with zero attached hydrogens (tertiary/aromatic N) is 1. The Morgan fingerprint density at radius 3 is 2.12 bits per heavy atom. The van der Waals surface area contributed by atoms with E-state index in [-0.39, 0.29) is 5.03 Å². The molecule has 1 fully saturated rings. The van der Waals surface area contributed by atoms with Gasteiger partial charge in [0.05, 0.1) is 13.2 Å². The van der Waals surface area contributed by atoms with E-state index in [9.17, 15) is 8.42 Å². The number of ether oxygens (including phenoxy) is 2. The predicted octanol–water partition coefficient (Wildman–Crippen LogP) is 3.07. The van der Waals surface area contributed by atoms with Crippen molar-refractivity contribution in [2.24, 2.45) is 0 Å². The third-order valence-corrected chi connectivity index (χ3v) is 4.74. The molecule has 1 aromatic heterocycles. The van der Waals surface area contributed by atoms with Gasteiger partial charge in [-0.2, -0.15) is 0 Å². The lowest BCUT2D eigenvalue weighted by molar-refractivity contribution is -0.130. The number of hydrogen-bond acceptors (Lipinski definition) is 5. The van der Waals surface area contributed by atoms with Crippen LogP contribution in [0.1, 0.15) is 30.5 Å². The van der Waals surface area contributed by atoms with Crippen LogP contribution in [0.25, 0.3) is 0 Å². The van der Waals surface area contributed by atoms with Gasteiger partial charge in [-0.3, -0.25) is 0 Å². The number of aryl methyl sites for hydroxylation is 1. The summed E-state index contributed by atoms with van der Waals surface area (Å²) in [5, 5.41) is 0.0810. The molecule has 0 aliphatic carbocycles. The van der Waals surface area contributed by atoms with Crippen LogP contribution in [0.15, 0.2) is 47.6 Å². The van der Waals surface area contributed by atoms with Gasteiger partial charge in [-0.05, 0) is 18.6 Å². The average Bonchev–Trinajstić information content (AvgIpc) is 3.07. The molecular weight excluding hydrogens is 326 g/mol. The van der Waals surface area contributed by atoms with Crippen molar-refractivity contribution >= 4 is 9.84 Å². The zero-order valence-corrected chi connectivity index (χ0v) is 15.3. The van der Waals surface area contributed by atoms with E-state index in [1.807, 2.05) is 44.2 Å². The van der Waals surface area contributed by atoms with Gasteiger partial charge >= 0.3 is 0 Å². The molecule has 2 heterocycles. The molecule has 130 valence electrons. The van der Waals surface area contributed by atoms with Crippen molar-refractivity contribution in [3.8, 4) is 0 Å². The monoisotopic (exact) mass is 349 g/mol. The first kappa shape index (κ1) is 18.6. The highest BCUT2D eigenvalue weighted by Gasteiger charge is 2.41. The molecular formula is C18H23NO4S. The van der Waals surface area contributed by atoms with Crippen LogP contribution in [-0.4, -0.2) is 32.9 Å². The molecule has 0 bridgehead atoms. The van der Waals surface area contributed by atoms with Gasteiger partial charge in [0.15, 0.2) is 14.9 Å².